The second kappa shape index (κ2) is 19.2. The third-order valence-corrected chi connectivity index (χ3v) is 2.83. The van der Waals surface area contributed by atoms with Gasteiger partial charge in [-0.2, -0.15) is 5.82 Å². The van der Waals surface area contributed by atoms with Crippen molar-refractivity contribution in [2.24, 2.45) is 0 Å². The lowest BCUT2D eigenvalue weighted by molar-refractivity contribution is 1.92. The van der Waals surface area contributed by atoms with E-state index in [1.54, 1.807) is 13.8 Å². The van der Waals surface area contributed by atoms with Gasteiger partial charge in [0.2, 0.25) is 6.49 Å². The maximum atomic E-state index is 5.14. The summed E-state index contributed by atoms with van der Waals surface area (Å²) in [4.78, 5) is 0. The van der Waals surface area contributed by atoms with Gasteiger partial charge >= 0.3 is 0 Å². The molecule has 0 radical (unpaired) electrons. The van der Waals surface area contributed by atoms with E-state index in [4.69, 9.17) is 19.3 Å². The van der Waals surface area contributed by atoms with Crippen LogP contribution in [0.4, 0.5) is 0 Å². The molecule has 0 atom stereocenters. The predicted octanol–water partition coefficient (Wildman–Crippen LogP) is 0.297. The van der Waals surface area contributed by atoms with Crippen LogP contribution in [0.1, 0.15) is 13.8 Å². The highest BCUT2D eigenvalue weighted by atomic mass is 13.6. The van der Waals surface area contributed by atoms with E-state index in [1.807, 2.05) is 0 Å². The van der Waals surface area contributed by atoms with Crippen LogP contribution in [0.2, 0.25) is 0 Å². The fourth-order valence-electron chi connectivity index (χ4n) is 1.69. The van der Waals surface area contributed by atoms with Crippen LogP contribution in [-0.2, 0) is 0 Å². The molecule has 0 N–H and O–H groups in total. The smallest absolute Gasteiger partial charge is 0.154 e. The van der Waals surface area contributed by atoms with Gasteiger partial charge in [-0.25, -0.2) is 0 Å². The molecule has 0 spiro atoms. The first-order valence-corrected chi connectivity index (χ1v) is 8.48. The number of hydrogen-bond donors (Lipinski definition) is 0. The second-order valence-electron chi connectivity index (χ2n) is 4.76. The molecule has 130 valence electrons. The summed E-state index contributed by atoms with van der Waals surface area (Å²) in [6, 6.07) is 0. The molecule has 0 aliphatic heterocycles. The Morgan fingerprint density at radius 1 is 0.387 bits per heavy atom. The van der Waals surface area contributed by atoms with Crippen molar-refractivity contribution in [2.45, 2.75) is 13.8 Å². The van der Waals surface area contributed by atoms with Crippen LogP contribution in [0.3, 0.4) is 0 Å². The van der Waals surface area contributed by atoms with Gasteiger partial charge in [-0.1, -0.05) is 11.8 Å². The Morgan fingerprint density at radius 3 is 1.03 bits per heavy atom. The second-order valence-corrected chi connectivity index (χ2v) is 4.76. The van der Waals surface area contributed by atoms with Gasteiger partial charge in [-0.15, -0.1) is 42.5 Å². The van der Waals surface area contributed by atoms with E-state index in [9.17, 15) is 0 Å². The maximum Gasteiger partial charge on any atom is 0.295 e. The molecule has 0 aliphatic carbocycles. The summed E-state index contributed by atoms with van der Waals surface area (Å²) in [5.74, 6) is 60.6. The van der Waals surface area contributed by atoms with Crippen molar-refractivity contribution < 1.29 is 0 Å². The molecule has 0 heterocycles. The standard InChI is InChI=1S/C28H9B3/c1-6-11-16-21-26-30(27-22-17-12-7-2)31(28-23-18-13-8-3)29(24-19-14-9-4)25-20-15-10-5/h1-3H,4-5H3. The van der Waals surface area contributed by atoms with Crippen molar-refractivity contribution in [2.75, 3.05) is 0 Å². The minimum atomic E-state index is -0.642. The molecule has 0 fully saturated rings. The Hall–Kier alpha value is -5.53. The Morgan fingerprint density at radius 2 is 0.710 bits per heavy atom. The molecule has 0 unspecified atom stereocenters. The van der Waals surface area contributed by atoms with E-state index in [-0.39, 0.29) is 0 Å². The van der Waals surface area contributed by atoms with E-state index in [0.29, 0.717) is 0 Å². The van der Waals surface area contributed by atoms with Gasteiger partial charge in [0.15, 0.2) is 0 Å². The fraction of sp³-hybridized carbons (Fsp3) is 0.0714. The third-order valence-electron chi connectivity index (χ3n) is 2.83. The molecule has 0 aliphatic rings. The molecular weight excluding hydrogens is 369 g/mol. The minimum absolute atomic E-state index is 0.579. The summed E-state index contributed by atoms with van der Waals surface area (Å²) in [6.45, 7) is 1.55. The molecule has 3 heteroatoms. The zero-order valence-electron chi connectivity index (χ0n) is 17.0. The highest BCUT2D eigenvalue weighted by Crippen LogP contribution is 1.96. The SMILES string of the molecule is C#CC#CC#CB(C#CC#CC#C)B(C#CC#CC#C)B(C#CC#CC)C#CC#CC. The van der Waals surface area contributed by atoms with Crippen molar-refractivity contribution in [3.63, 3.8) is 0 Å². The average molecular weight is 378 g/mol. The van der Waals surface area contributed by atoms with Gasteiger partial charge in [-0.3, -0.25) is 0 Å². The topological polar surface area (TPSA) is 0 Å². The summed E-state index contributed by atoms with van der Waals surface area (Å²) in [6.07, 6.45) is 15.4. The van der Waals surface area contributed by atoms with E-state index in [0.717, 1.165) is 0 Å². The van der Waals surface area contributed by atoms with Crippen LogP contribution >= 0.6 is 0 Å². The zero-order chi connectivity index (χ0) is 23.0. The molecule has 0 amide bonds. The van der Waals surface area contributed by atoms with E-state index >= 15 is 0 Å². The van der Waals surface area contributed by atoms with Crippen molar-refractivity contribution in [3.8, 4) is 155 Å². The zero-order valence-corrected chi connectivity index (χ0v) is 17.0. The van der Waals surface area contributed by atoms with Gasteiger partial charge in [0, 0.05) is 0 Å². The van der Waals surface area contributed by atoms with Gasteiger partial charge in [-0.05, 0) is 109 Å². The lowest BCUT2D eigenvalue weighted by atomic mass is 8.89. The van der Waals surface area contributed by atoms with Gasteiger partial charge in [0.05, 0.1) is 0 Å². The minimum Gasteiger partial charge on any atom is -0.154 e. The van der Waals surface area contributed by atoms with Gasteiger partial charge in [0.25, 0.3) is 13.2 Å². The molecule has 0 aromatic heterocycles. The molecule has 0 saturated carbocycles. The van der Waals surface area contributed by atoms with E-state index < -0.39 is 19.7 Å². The Balaban J connectivity index is 6.78. The summed E-state index contributed by atoms with van der Waals surface area (Å²) in [7, 11) is 0. The molecule has 0 aromatic rings. The molecule has 0 bridgehead atoms. The lowest BCUT2D eigenvalue weighted by Gasteiger charge is -2.06. The molecular formula is C28H9B3. The van der Waals surface area contributed by atoms with Crippen LogP contribution in [0, 0.1) is 155 Å². The first kappa shape index (κ1) is 25.5. The van der Waals surface area contributed by atoms with Gasteiger partial charge < -0.3 is 0 Å². The highest BCUT2D eigenvalue weighted by Gasteiger charge is 2.36. The summed E-state index contributed by atoms with van der Waals surface area (Å²) >= 11 is 0. The molecule has 0 aromatic carbocycles. The maximum absolute atomic E-state index is 5.14. The van der Waals surface area contributed by atoms with E-state index in [1.165, 1.54) is 0 Å². The first-order valence-electron chi connectivity index (χ1n) is 8.48. The molecule has 0 saturated heterocycles. The van der Waals surface area contributed by atoms with Crippen molar-refractivity contribution in [1.29, 1.82) is 0 Å². The van der Waals surface area contributed by atoms with Crippen LogP contribution < -0.4 is 0 Å². The van der Waals surface area contributed by atoms with Crippen LogP contribution in [0.15, 0.2) is 0 Å². The highest BCUT2D eigenvalue weighted by molar-refractivity contribution is 7.59. The van der Waals surface area contributed by atoms with Crippen LogP contribution in [0.25, 0.3) is 0 Å². The third kappa shape index (κ3) is 13.3. The number of terminal acetylenes is 3. The predicted molar refractivity (Wildman–Crippen MR) is 133 cm³/mol. The normalized spacial score (nSPS) is 5.00. The summed E-state index contributed by atoms with van der Waals surface area (Å²) in [5, 5.41) is 0. The van der Waals surface area contributed by atoms with Crippen molar-refractivity contribution in [3.05, 3.63) is 0 Å². The number of rotatable bonds is 2. The molecule has 0 nitrogen and oxygen atoms in total. The monoisotopic (exact) mass is 378 g/mol. The Kier molecular flexibility index (Phi) is 15.8. The number of hydrogen-bond acceptors (Lipinski definition) is 0. The van der Waals surface area contributed by atoms with E-state index in [2.05, 4.69) is 136 Å². The fourth-order valence-corrected chi connectivity index (χ4v) is 1.69. The average Bonchev–Trinajstić information content (AvgIpc) is 2.78. The quantitative estimate of drug-likeness (QED) is 0.479. The first-order chi connectivity index (χ1) is 15.2. The van der Waals surface area contributed by atoms with Crippen LogP contribution in [0.5, 0.6) is 0 Å². The van der Waals surface area contributed by atoms with Crippen LogP contribution in [-0.4, -0.2) is 19.7 Å². The Labute approximate surface area is 188 Å². The largest absolute Gasteiger partial charge is 0.295 e. The van der Waals surface area contributed by atoms with Crippen molar-refractivity contribution >= 4 is 19.7 Å². The summed E-state index contributed by atoms with van der Waals surface area (Å²) < 4.78 is 0. The molecule has 0 rings (SSSR count). The van der Waals surface area contributed by atoms with Gasteiger partial charge in [0.1, 0.15) is 0 Å². The Bertz CT molecular complexity index is 1360. The summed E-state index contributed by atoms with van der Waals surface area (Å²) in [5.41, 5.74) is 0. The lowest BCUT2D eigenvalue weighted by Crippen LogP contribution is -2.46. The van der Waals surface area contributed by atoms with Crippen molar-refractivity contribution in [1.82, 2.24) is 0 Å². The molecule has 31 heavy (non-hydrogen) atoms.